The fourth-order valence-corrected chi connectivity index (χ4v) is 4.93. The molecule has 1 N–H and O–H groups in total. The highest BCUT2D eigenvalue weighted by Crippen LogP contribution is 2.34. The molecule has 3 aromatic rings. The third-order valence-electron chi connectivity index (χ3n) is 5.06. The molecule has 0 radical (unpaired) electrons. The number of carbonyl (C=O) groups is 1. The SMILES string of the molecule is COCc1ccc(C(=O)C(C#N)c2nc3sc4c(c3c(=O)[nH]2)CCCC4)cc1. The highest BCUT2D eigenvalue weighted by atomic mass is 32.1. The van der Waals surface area contributed by atoms with E-state index >= 15 is 0 Å². The Morgan fingerprint density at radius 1 is 1.32 bits per heavy atom. The van der Waals surface area contributed by atoms with E-state index < -0.39 is 5.92 Å². The van der Waals surface area contributed by atoms with Crippen LogP contribution in [0.25, 0.3) is 10.2 Å². The van der Waals surface area contributed by atoms with Gasteiger partial charge in [-0.3, -0.25) is 9.59 Å². The molecule has 6 nitrogen and oxygen atoms in total. The highest BCUT2D eigenvalue weighted by molar-refractivity contribution is 7.18. The lowest BCUT2D eigenvalue weighted by molar-refractivity contribution is 0.0976. The summed E-state index contributed by atoms with van der Waals surface area (Å²) in [6, 6.07) is 8.92. The lowest BCUT2D eigenvalue weighted by Gasteiger charge is -2.10. The van der Waals surface area contributed by atoms with Crippen LogP contribution in [-0.2, 0) is 24.2 Å². The third-order valence-corrected chi connectivity index (χ3v) is 6.24. The number of aryl methyl sites for hydroxylation is 2. The van der Waals surface area contributed by atoms with Gasteiger partial charge in [-0.1, -0.05) is 24.3 Å². The summed E-state index contributed by atoms with van der Waals surface area (Å²) in [5.41, 5.74) is 2.16. The number of ether oxygens (including phenoxy) is 1. The highest BCUT2D eigenvalue weighted by Gasteiger charge is 2.27. The van der Waals surface area contributed by atoms with Gasteiger partial charge in [0.1, 0.15) is 10.7 Å². The van der Waals surface area contributed by atoms with Crippen molar-refractivity contribution in [2.75, 3.05) is 7.11 Å². The molecule has 0 saturated heterocycles. The number of nitrogens with zero attached hydrogens (tertiary/aromatic N) is 2. The molecule has 7 heteroatoms. The first-order valence-corrected chi connectivity index (χ1v) is 10.00. The van der Waals surface area contributed by atoms with Crippen molar-refractivity contribution in [1.29, 1.82) is 5.26 Å². The largest absolute Gasteiger partial charge is 0.380 e. The Morgan fingerprint density at radius 2 is 2.07 bits per heavy atom. The Hall–Kier alpha value is -2.82. The van der Waals surface area contributed by atoms with E-state index in [4.69, 9.17) is 4.74 Å². The number of nitriles is 1. The number of hydrogen-bond acceptors (Lipinski definition) is 6. The number of ketones is 1. The number of hydrogen-bond donors (Lipinski definition) is 1. The van der Waals surface area contributed by atoms with Gasteiger partial charge in [-0.15, -0.1) is 11.3 Å². The molecule has 2 heterocycles. The van der Waals surface area contributed by atoms with E-state index in [1.54, 1.807) is 31.4 Å². The van der Waals surface area contributed by atoms with Crippen LogP contribution in [0.2, 0.25) is 0 Å². The predicted octanol–water partition coefficient (Wildman–Crippen LogP) is 3.50. The Kier molecular flexibility index (Phi) is 5.07. The minimum absolute atomic E-state index is 0.115. The van der Waals surface area contributed by atoms with Crippen LogP contribution in [0.4, 0.5) is 0 Å². The van der Waals surface area contributed by atoms with Gasteiger partial charge in [0.15, 0.2) is 11.7 Å². The van der Waals surface area contributed by atoms with Crippen LogP contribution in [0.5, 0.6) is 0 Å². The second-order valence-electron chi connectivity index (χ2n) is 6.90. The lowest BCUT2D eigenvalue weighted by Crippen LogP contribution is -2.20. The van der Waals surface area contributed by atoms with Gasteiger partial charge in [-0.25, -0.2) is 4.98 Å². The average molecular weight is 393 g/mol. The number of Topliss-reactive ketones (excluding diaryl/α,β-unsaturated/α-hetero) is 1. The topological polar surface area (TPSA) is 95.8 Å². The first kappa shape index (κ1) is 18.5. The number of rotatable bonds is 5. The van der Waals surface area contributed by atoms with Crippen LogP contribution in [-0.4, -0.2) is 22.9 Å². The zero-order valence-electron chi connectivity index (χ0n) is 15.4. The summed E-state index contributed by atoms with van der Waals surface area (Å²) in [6.07, 6.45) is 4.02. The van der Waals surface area contributed by atoms with Crippen molar-refractivity contribution < 1.29 is 9.53 Å². The first-order valence-electron chi connectivity index (χ1n) is 9.18. The van der Waals surface area contributed by atoms with Crippen LogP contribution in [0, 0.1) is 11.3 Å². The van der Waals surface area contributed by atoms with Crippen molar-refractivity contribution in [3.63, 3.8) is 0 Å². The molecule has 0 saturated carbocycles. The maximum absolute atomic E-state index is 12.9. The fraction of sp³-hybridized carbons (Fsp3) is 0.333. The number of thiophene rings is 1. The maximum atomic E-state index is 12.9. The van der Waals surface area contributed by atoms with Crippen LogP contribution >= 0.6 is 11.3 Å². The normalized spacial score (nSPS) is 14.4. The molecule has 28 heavy (non-hydrogen) atoms. The Morgan fingerprint density at radius 3 is 2.79 bits per heavy atom. The zero-order chi connectivity index (χ0) is 19.7. The molecule has 1 aromatic carbocycles. The van der Waals surface area contributed by atoms with Crippen LogP contribution in [0.1, 0.15) is 50.9 Å². The van der Waals surface area contributed by atoms with E-state index in [1.165, 1.54) is 16.2 Å². The molecular weight excluding hydrogens is 374 g/mol. The molecular formula is C21H19N3O3S. The molecule has 1 atom stereocenters. The first-order chi connectivity index (χ1) is 13.6. The molecule has 1 aliphatic rings. The van der Waals surface area contributed by atoms with Gasteiger partial charge in [0.25, 0.3) is 5.56 Å². The summed E-state index contributed by atoms with van der Waals surface area (Å²) < 4.78 is 5.07. The molecule has 2 aromatic heterocycles. The van der Waals surface area contributed by atoms with Crippen LogP contribution < -0.4 is 5.56 Å². The second-order valence-corrected chi connectivity index (χ2v) is 7.98. The summed E-state index contributed by atoms with van der Waals surface area (Å²) in [4.78, 5) is 34.6. The van der Waals surface area contributed by atoms with E-state index in [1.807, 2.05) is 6.07 Å². The minimum Gasteiger partial charge on any atom is -0.380 e. The molecule has 0 spiro atoms. The van der Waals surface area contributed by atoms with Gasteiger partial charge in [0, 0.05) is 17.6 Å². The molecule has 0 fully saturated rings. The zero-order valence-corrected chi connectivity index (χ0v) is 16.3. The molecule has 0 amide bonds. The second kappa shape index (κ2) is 7.66. The fourth-order valence-electron chi connectivity index (χ4n) is 3.66. The standard InChI is InChI=1S/C21H19N3O3S/c1-27-11-12-6-8-13(9-7-12)18(25)15(10-22)19-23-20(26)17-14-4-2-3-5-16(14)28-21(17)24-19/h6-9,15H,2-5,11H2,1H3,(H,23,24,26). The van der Waals surface area contributed by atoms with Crippen molar-refractivity contribution in [3.8, 4) is 6.07 Å². The maximum Gasteiger partial charge on any atom is 0.259 e. The molecule has 0 bridgehead atoms. The van der Waals surface area contributed by atoms with Crippen molar-refractivity contribution in [2.45, 2.75) is 38.2 Å². The summed E-state index contributed by atoms with van der Waals surface area (Å²) in [5, 5.41) is 10.2. The Labute approximate surface area is 165 Å². The van der Waals surface area contributed by atoms with Crippen LogP contribution in [0.15, 0.2) is 29.1 Å². The number of benzene rings is 1. The van der Waals surface area contributed by atoms with Gasteiger partial charge in [0.05, 0.1) is 18.1 Å². The Bertz CT molecular complexity index is 1140. The predicted molar refractivity (Wildman–Crippen MR) is 107 cm³/mol. The molecule has 142 valence electrons. The number of nitrogens with one attached hydrogen (secondary N) is 1. The third kappa shape index (κ3) is 3.26. The number of fused-ring (bicyclic) bond motifs is 3. The Balaban J connectivity index is 1.71. The smallest absolute Gasteiger partial charge is 0.259 e. The van der Waals surface area contributed by atoms with E-state index in [0.717, 1.165) is 36.8 Å². The van der Waals surface area contributed by atoms with Crippen molar-refractivity contribution >= 4 is 27.3 Å². The lowest BCUT2D eigenvalue weighted by atomic mass is 9.96. The number of aromatic nitrogens is 2. The summed E-state index contributed by atoms with van der Waals surface area (Å²) in [6.45, 7) is 0.449. The van der Waals surface area contributed by atoms with Crippen molar-refractivity contribution in [3.05, 3.63) is 62.0 Å². The van der Waals surface area contributed by atoms with Crippen molar-refractivity contribution in [1.82, 2.24) is 9.97 Å². The molecule has 1 unspecified atom stereocenters. The van der Waals surface area contributed by atoms with E-state index in [-0.39, 0.29) is 17.2 Å². The van der Waals surface area contributed by atoms with E-state index in [2.05, 4.69) is 9.97 Å². The van der Waals surface area contributed by atoms with Gasteiger partial charge in [-0.2, -0.15) is 5.26 Å². The van der Waals surface area contributed by atoms with Crippen LogP contribution in [0.3, 0.4) is 0 Å². The number of carbonyl (C=O) groups excluding carboxylic acids is 1. The number of aromatic amines is 1. The summed E-state index contributed by atoms with van der Waals surface area (Å²) in [7, 11) is 1.60. The van der Waals surface area contributed by atoms with Gasteiger partial charge >= 0.3 is 0 Å². The molecule has 0 aliphatic heterocycles. The average Bonchev–Trinajstić information content (AvgIpc) is 3.08. The van der Waals surface area contributed by atoms with Gasteiger partial charge < -0.3 is 9.72 Å². The van der Waals surface area contributed by atoms with E-state index in [9.17, 15) is 14.9 Å². The quantitative estimate of drug-likeness (QED) is 0.669. The molecule has 4 rings (SSSR count). The monoisotopic (exact) mass is 393 g/mol. The van der Waals surface area contributed by atoms with Crippen molar-refractivity contribution in [2.24, 2.45) is 0 Å². The summed E-state index contributed by atoms with van der Waals surface area (Å²) in [5.74, 6) is -1.41. The number of H-pyrrole nitrogens is 1. The van der Waals surface area contributed by atoms with Gasteiger partial charge in [0.2, 0.25) is 0 Å². The molecule has 1 aliphatic carbocycles. The number of methoxy groups -OCH3 is 1. The van der Waals surface area contributed by atoms with E-state index in [0.29, 0.717) is 22.4 Å². The van der Waals surface area contributed by atoms with Gasteiger partial charge in [-0.05, 0) is 36.8 Å². The minimum atomic E-state index is -1.15. The summed E-state index contributed by atoms with van der Waals surface area (Å²) >= 11 is 1.51.